The minimum absolute atomic E-state index is 0.119. The smallest absolute Gasteiger partial charge is 0.0700 e. The van der Waals surface area contributed by atoms with Crippen molar-refractivity contribution < 1.29 is 5.11 Å². The van der Waals surface area contributed by atoms with E-state index in [1.165, 1.54) is 45.3 Å². The summed E-state index contributed by atoms with van der Waals surface area (Å²) in [5.74, 6) is 1.31. The molecule has 0 aromatic rings. The first-order valence-corrected chi connectivity index (χ1v) is 8.74. The molecule has 1 aliphatic carbocycles. The third-order valence-electron chi connectivity index (χ3n) is 6.01. The van der Waals surface area contributed by atoms with Crippen LogP contribution in [-0.2, 0) is 0 Å². The van der Waals surface area contributed by atoms with Gasteiger partial charge in [-0.15, -0.1) is 0 Å². The van der Waals surface area contributed by atoms with Crippen molar-refractivity contribution in [2.24, 2.45) is 11.8 Å². The Morgan fingerprint density at radius 3 is 2.55 bits per heavy atom. The molecule has 6 unspecified atom stereocenters. The van der Waals surface area contributed by atoms with Crippen LogP contribution in [0.25, 0.3) is 0 Å². The highest BCUT2D eigenvalue weighted by atomic mass is 16.3. The normalized spacial score (nSPS) is 48.0. The van der Waals surface area contributed by atoms with Crippen LogP contribution < -0.4 is 0 Å². The number of aliphatic hydroxyl groups is 1. The minimum atomic E-state index is -0.119. The van der Waals surface area contributed by atoms with Crippen molar-refractivity contribution in [3.63, 3.8) is 0 Å². The van der Waals surface area contributed by atoms with Crippen LogP contribution in [0, 0.1) is 11.8 Å². The zero-order valence-corrected chi connectivity index (χ0v) is 13.5. The van der Waals surface area contributed by atoms with E-state index >= 15 is 0 Å². The molecular formula is C17H32N2O. The van der Waals surface area contributed by atoms with Gasteiger partial charge in [0, 0.05) is 31.2 Å². The summed E-state index contributed by atoms with van der Waals surface area (Å²) in [5, 5.41) is 10.6. The van der Waals surface area contributed by atoms with Gasteiger partial charge >= 0.3 is 0 Å². The van der Waals surface area contributed by atoms with Crippen molar-refractivity contribution in [2.45, 2.75) is 77.1 Å². The maximum atomic E-state index is 10.6. The number of nitrogens with zero attached hydrogens (tertiary/aromatic N) is 2. The molecule has 1 saturated carbocycles. The zero-order chi connectivity index (χ0) is 14.3. The summed E-state index contributed by atoms with van der Waals surface area (Å²) in [6, 6.07) is 1.74. The van der Waals surface area contributed by atoms with Gasteiger partial charge in [-0.05, 0) is 51.0 Å². The van der Waals surface area contributed by atoms with Gasteiger partial charge in [0.15, 0.2) is 0 Å². The second-order valence-corrected chi connectivity index (χ2v) is 7.80. The topological polar surface area (TPSA) is 26.7 Å². The van der Waals surface area contributed by atoms with Gasteiger partial charge in [-0.25, -0.2) is 0 Å². The summed E-state index contributed by atoms with van der Waals surface area (Å²) in [7, 11) is 0. The Labute approximate surface area is 124 Å². The van der Waals surface area contributed by atoms with E-state index in [0.717, 1.165) is 12.5 Å². The molecule has 0 bridgehead atoms. The predicted molar refractivity (Wildman–Crippen MR) is 82.7 cm³/mol. The van der Waals surface area contributed by atoms with Crippen molar-refractivity contribution in [3.05, 3.63) is 0 Å². The molecule has 3 nitrogen and oxygen atoms in total. The summed E-state index contributed by atoms with van der Waals surface area (Å²) in [4.78, 5) is 5.36. The van der Waals surface area contributed by atoms with Crippen molar-refractivity contribution in [1.82, 2.24) is 9.80 Å². The van der Waals surface area contributed by atoms with Gasteiger partial charge in [-0.3, -0.25) is 9.80 Å². The van der Waals surface area contributed by atoms with Gasteiger partial charge < -0.3 is 5.11 Å². The third kappa shape index (κ3) is 2.77. The number of hydrogen-bond acceptors (Lipinski definition) is 3. The molecule has 0 aromatic heterocycles. The second-order valence-electron chi connectivity index (χ2n) is 7.80. The summed E-state index contributed by atoms with van der Waals surface area (Å²) < 4.78 is 0. The van der Waals surface area contributed by atoms with Crippen LogP contribution in [0.4, 0.5) is 0 Å². The van der Waals surface area contributed by atoms with Crippen molar-refractivity contribution >= 4 is 0 Å². The fourth-order valence-corrected chi connectivity index (χ4v) is 5.14. The Morgan fingerprint density at radius 1 is 1.00 bits per heavy atom. The fraction of sp³-hybridized carbons (Fsp3) is 1.00. The van der Waals surface area contributed by atoms with Gasteiger partial charge in [-0.2, -0.15) is 0 Å². The molecule has 2 heterocycles. The van der Waals surface area contributed by atoms with Crippen molar-refractivity contribution in [2.75, 3.05) is 19.6 Å². The van der Waals surface area contributed by atoms with E-state index in [1.54, 1.807) is 0 Å². The Kier molecular flexibility index (Phi) is 4.40. The molecule has 0 radical (unpaired) electrons. The van der Waals surface area contributed by atoms with Crippen molar-refractivity contribution in [3.8, 4) is 0 Å². The Bertz CT molecular complexity index is 323. The lowest BCUT2D eigenvalue weighted by molar-refractivity contribution is -0.0813. The lowest BCUT2D eigenvalue weighted by Gasteiger charge is -2.53. The van der Waals surface area contributed by atoms with Gasteiger partial charge in [0.05, 0.1) is 6.10 Å². The summed E-state index contributed by atoms with van der Waals surface area (Å²) in [5.41, 5.74) is 0. The third-order valence-corrected chi connectivity index (χ3v) is 6.01. The van der Waals surface area contributed by atoms with E-state index in [4.69, 9.17) is 0 Å². The lowest BCUT2D eigenvalue weighted by atomic mass is 9.76. The lowest BCUT2D eigenvalue weighted by Crippen LogP contribution is -2.64. The molecule has 20 heavy (non-hydrogen) atoms. The zero-order valence-electron chi connectivity index (χ0n) is 13.5. The molecule has 3 heteroatoms. The fourth-order valence-electron chi connectivity index (χ4n) is 5.14. The largest absolute Gasteiger partial charge is 0.391 e. The molecule has 0 aromatic carbocycles. The van der Waals surface area contributed by atoms with Gasteiger partial charge in [0.25, 0.3) is 0 Å². The quantitative estimate of drug-likeness (QED) is 0.798. The average molecular weight is 280 g/mol. The molecule has 3 fully saturated rings. The number of rotatable bonds is 1. The van der Waals surface area contributed by atoms with Crippen LogP contribution in [0.1, 0.15) is 52.9 Å². The van der Waals surface area contributed by atoms with E-state index in [1.807, 2.05) is 0 Å². The highest BCUT2D eigenvalue weighted by molar-refractivity contribution is 4.97. The molecule has 2 saturated heterocycles. The van der Waals surface area contributed by atoms with Crippen LogP contribution in [0.2, 0.25) is 0 Å². The van der Waals surface area contributed by atoms with Crippen LogP contribution in [0.15, 0.2) is 0 Å². The van der Waals surface area contributed by atoms with Gasteiger partial charge in [-0.1, -0.05) is 20.3 Å². The minimum Gasteiger partial charge on any atom is -0.391 e. The summed E-state index contributed by atoms with van der Waals surface area (Å²) in [6.45, 7) is 10.7. The molecular weight excluding hydrogens is 248 g/mol. The van der Waals surface area contributed by atoms with Gasteiger partial charge in [0.2, 0.25) is 0 Å². The molecule has 0 amide bonds. The number of piperidine rings is 1. The SMILES string of the molecule is CC1CC(C)C(N2CC3CCCCN3CC2C)C(O)C1. The van der Waals surface area contributed by atoms with Crippen LogP contribution >= 0.6 is 0 Å². The Morgan fingerprint density at radius 2 is 1.80 bits per heavy atom. The number of fused-ring (bicyclic) bond motifs is 1. The van der Waals surface area contributed by atoms with Crippen molar-refractivity contribution in [1.29, 1.82) is 0 Å². The molecule has 6 atom stereocenters. The molecule has 3 rings (SSSR count). The van der Waals surface area contributed by atoms with Gasteiger partial charge in [0.1, 0.15) is 0 Å². The second kappa shape index (κ2) is 5.94. The number of aliphatic hydroxyl groups excluding tert-OH is 1. The Balaban J connectivity index is 1.72. The molecule has 2 aliphatic heterocycles. The van der Waals surface area contributed by atoms with E-state index in [-0.39, 0.29) is 6.10 Å². The average Bonchev–Trinajstić information content (AvgIpc) is 2.38. The maximum absolute atomic E-state index is 10.6. The van der Waals surface area contributed by atoms with E-state index < -0.39 is 0 Å². The molecule has 3 aliphatic rings. The molecule has 116 valence electrons. The number of hydrogen-bond donors (Lipinski definition) is 1. The van der Waals surface area contributed by atoms with E-state index in [0.29, 0.717) is 23.9 Å². The van der Waals surface area contributed by atoms with Crippen LogP contribution in [0.3, 0.4) is 0 Å². The first kappa shape index (κ1) is 14.8. The summed E-state index contributed by atoms with van der Waals surface area (Å²) in [6.07, 6.45) is 6.28. The van der Waals surface area contributed by atoms with Crippen LogP contribution in [0.5, 0.6) is 0 Å². The Hall–Kier alpha value is -0.120. The first-order valence-electron chi connectivity index (χ1n) is 8.74. The highest BCUT2D eigenvalue weighted by Gasteiger charge is 2.42. The highest BCUT2D eigenvalue weighted by Crippen LogP contribution is 2.35. The van der Waals surface area contributed by atoms with E-state index in [2.05, 4.69) is 30.6 Å². The predicted octanol–water partition coefficient (Wildman–Crippen LogP) is 2.34. The molecule has 0 spiro atoms. The van der Waals surface area contributed by atoms with Crippen LogP contribution in [-0.4, -0.2) is 58.8 Å². The molecule has 1 N–H and O–H groups in total. The monoisotopic (exact) mass is 280 g/mol. The first-order chi connectivity index (χ1) is 9.56. The summed E-state index contributed by atoms with van der Waals surface area (Å²) >= 11 is 0. The number of piperazine rings is 1. The maximum Gasteiger partial charge on any atom is 0.0700 e. The van der Waals surface area contributed by atoms with E-state index in [9.17, 15) is 5.11 Å². The standard InChI is InChI=1S/C17H32N2O/c1-12-8-13(2)17(16(20)9-12)19-11-15-6-4-5-7-18(15)10-14(19)3/h12-17,20H,4-11H2,1-3H3.